The van der Waals surface area contributed by atoms with Gasteiger partial charge in [0, 0.05) is 32.6 Å². The van der Waals surface area contributed by atoms with E-state index in [1.165, 1.54) is 51.6 Å². The molecular formula is C34H37NO3S. The Kier molecular flexibility index (Phi) is 8.27. The van der Waals surface area contributed by atoms with Crippen LogP contribution in [0, 0.1) is 5.92 Å². The van der Waals surface area contributed by atoms with Crippen molar-refractivity contribution in [2.45, 2.75) is 44.9 Å². The maximum absolute atomic E-state index is 13.9. The van der Waals surface area contributed by atoms with Gasteiger partial charge in [0.2, 0.25) is 0 Å². The van der Waals surface area contributed by atoms with Gasteiger partial charge < -0.3 is 9.47 Å². The number of nitrogens with zero attached hydrogens (tertiary/aromatic N) is 1. The highest BCUT2D eigenvalue weighted by atomic mass is 32.1. The van der Waals surface area contributed by atoms with Crippen LogP contribution in [-0.2, 0) is 0 Å². The molecule has 0 N–H and O–H groups in total. The second-order valence-electron chi connectivity index (χ2n) is 10.9. The second kappa shape index (κ2) is 12.4. The fourth-order valence-corrected chi connectivity index (χ4v) is 7.17. The molecule has 1 saturated heterocycles. The van der Waals surface area contributed by atoms with Gasteiger partial charge in [0.15, 0.2) is 5.78 Å². The lowest BCUT2D eigenvalue weighted by molar-refractivity contribution is 0.104. The van der Waals surface area contributed by atoms with Crippen LogP contribution in [0.15, 0.2) is 72.8 Å². The van der Waals surface area contributed by atoms with Crippen molar-refractivity contribution in [2.75, 3.05) is 32.8 Å². The highest BCUT2D eigenvalue weighted by Gasteiger charge is 2.22. The highest BCUT2D eigenvalue weighted by Crippen LogP contribution is 2.40. The molecule has 1 aliphatic carbocycles. The predicted molar refractivity (Wildman–Crippen MR) is 160 cm³/mol. The zero-order chi connectivity index (χ0) is 26.4. The average Bonchev–Trinajstić information content (AvgIpc) is 3.75. The Morgan fingerprint density at radius 2 is 1.46 bits per heavy atom. The van der Waals surface area contributed by atoms with Crippen molar-refractivity contribution < 1.29 is 14.3 Å². The number of benzene rings is 3. The van der Waals surface area contributed by atoms with Crippen LogP contribution < -0.4 is 9.47 Å². The third-order valence-corrected chi connectivity index (χ3v) is 9.42. The zero-order valence-electron chi connectivity index (χ0n) is 22.6. The van der Waals surface area contributed by atoms with Gasteiger partial charge >= 0.3 is 0 Å². The number of rotatable bonds is 11. The van der Waals surface area contributed by atoms with E-state index in [4.69, 9.17) is 9.47 Å². The number of likely N-dealkylation sites (tertiary alicyclic amines) is 1. The minimum atomic E-state index is 0.0444. The van der Waals surface area contributed by atoms with Gasteiger partial charge in [0.05, 0.1) is 6.61 Å². The van der Waals surface area contributed by atoms with Crippen molar-refractivity contribution in [3.63, 3.8) is 0 Å². The van der Waals surface area contributed by atoms with E-state index >= 15 is 0 Å². The van der Waals surface area contributed by atoms with E-state index in [1.807, 2.05) is 48.5 Å². The largest absolute Gasteiger partial charge is 0.494 e. The van der Waals surface area contributed by atoms with E-state index in [2.05, 4.69) is 29.2 Å². The van der Waals surface area contributed by atoms with Gasteiger partial charge in [0.25, 0.3) is 0 Å². The summed E-state index contributed by atoms with van der Waals surface area (Å²) in [5.74, 6) is 2.57. The van der Waals surface area contributed by atoms with Crippen molar-refractivity contribution in [3.05, 3.63) is 83.9 Å². The Bertz CT molecular complexity index is 1380. The molecule has 0 unspecified atom stereocenters. The topological polar surface area (TPSA) is 38.8 Å². The maximum Gasteiger partial charge on any atom is 0.195 e. The van der Waals surface area contributed by atoms with E-state index in [0.29, 0.717) is 12.2 Å². The van der Waals surface area contributed by atoms with Crippen LogP contribution >= 0.6 is 11.3 Å². The Balaban J connectivity index is 1.17. The maximum atomic E-state index is 13.9. The molecule has 4 nitrogen and oxygen atoms in total. The Morgan fingerprint density at radius 1 is 0.795 bits per heavy atom. The first-order valence-corrected chi connectivity index (χ1v) is 15.3. The summed E-state index contributed by atoms with van der Waals surface area (Å²) < 4.78 is 13.1. The molecule has 2 aliphatic rings. The number of carbonyl (C=O) groups excluding carboxylic acids is 1. The van der Waals surface area contributed by atoms with Crippen LogP contribution in [0.2, 0.25) is 0 Å². The molecule has 1 saturated carbocycles. The van der Waals surface area contributed by atoms with Gasteiger partial charge in [-0.25, -0.2) is 0 Å². The van der Waals surface area contributed by atoms with Crippen molar-refractivity contribution in [1.29, 1.82) is 0 Å². The van der Waals surface area contributed by atoms with E-state index in [9.17, 15) is 4.79 Å². The molecule has 4 aromatic rings. The van der Waals surface area contributed by atoms with Crippen LogP contribution in [0.3, 0.4) is 0 Å². The number of carbonyl (C=O) groups is 1. The molecule has 6 rings (SSSR count). The molecule has 1 aromatic heterocycles. The molecule has 0 bridgehead atoms. The van der Waals surface area contributed by atoms with Gasteiger partial charge in [-0.2, -0.15) is 0 Å². The van der Waals surface area contributed by atoms with Gasteiger partial charge in [-0.1, -0.05) is 43.9 Å². The third-order valence-electron chi connectivity index (χ3n) is 8.20. The molecule has 0 atom stereocenters. The normalized spacial score (nSPS) is 16.2. The summed E-state index contributed by atoms with van der Waals surface area (Å²) in [6.07, 6.45) is 9.14. The summed E-state index contributed by atoms with van der Waals surface area (Å²) in [4.78, 5) is 17.3. The summed E-state index contributed by atoms with van der Waals surface area (Å²) in [5.41, 5.74) is 2.50. The average molecular weight is 540 g/mol. The van der Waals surface area contributed by atoms with Gasteiger partial charge in [-0.3, -0.25) is 9.69 Å². The summed E-state index contributed by atoms with van der Waals surface area (Å²) >= 11 is 1.68. The number of ketones is 1. The Morgan fingerprint density at radius 3 is 2.21 bits per heavy atom. The second-order valence-corrected chi connectivity index (χ2v) is 11.9. The Hall–Kier alpha value is -3.15. The van der Waals surface area contributed by atoms with Crippen LogP contribution in [0.4, 0.5) is 0 Å². The molecule has 2 fully saturated rings. The molecule has 0 radical (unpaired) electrons. The Labute approximate surface area is 235 Å². The summed E-state index contributed by atoms with van der Waals surface area (Å²) in [6.45, 7) is 4.74. The summed E-state index contributed by atoms with van der Waals surface area (Å²) in [6, 6.07) is 24.1. The first-order chi connectivity index (χ1) is 19.2. The number of thiophene rings is 1. The SMILES string of the molecule is O=C(c1ccc(OCCN2CCCC2)cc1)c1c(-c2ccc(OCCC3CCCC3)cc2)sc2ccccc12. The fourth-order valence-electron chi connectivity index (χ4n) is 5.96. The molecule has 0 amide bonds. The van der Waals surface area contributed by atoms with Gasteiger partial charge in [-0.05, 0) is 98.4 Å². The van der Waals surface area contributed by atoms with E-state index in [0.717, 1.165) is 63.1 Å². The van der Waals surface area contributed by atoms with Crippen LogP contribution in [-0.4, -0.2) is 43.5 Å². The fraction of sp³-hybridized carbons (Fsp3) is 0.382. The first-order valence-electron chi connectivity index (χ1n) is 14.5. The number of hydrogen-bond acceptors (Lipinski definition) is 5. The summed E-state index contributed by atoms with van der Waals surface area (Å²) in [5, 5.41) is 1.00. The molecule has 202 valence electrons. The van der Waals surface area contributed by atoms with Crippen molar-refractivity contribution in [3.8, 4) is 21.9 Å². The highest BCUT2D eigenvalue weighted by molar-refractivity contribution is 7.22. The lowest BCUT2D eigenvalue weighted by Crippen LogP contribution is -2.25. The lowest BCUT2D eigenvalue weighted by atomic mass is 9.97. The molecule has 0 spiro atoms. The van der Waals surface area contributed by atoms with Crippen LogP contribution in [0.1, 0.15) is 60.9 Å². The first kappa shape index (κ1) is 26.1. The molecule has 3 aromatic carbocycles. The quantitative estimate of drug-likeness (QED) is 0.180. The smallest absolute Gasteiger partial charge is 0.195 e. The van der Waals surface area contributed by atoms with Gasteiger partial charge in [-0.15, -0.1) is 11.3 Å². The zero-order valence-corrected chi connectivity index (χ0v) is 23.4. The monoisotopic (exact) mass is 539 g/mol. The van der Waals surface area contributed by atoms with E-state index in [-0.39, 0.29) is 5.78 Å². The number of fused-ring (bicyclic) bond motifs is 1. The van der Waals surface area contributed by atoms with E-state index in [1.54, 1.807) is 11.3 Å². The van der Waals surface area contributed by atoms with Crippen LogP contribution in [0.25, 0.3) is 20.5 Å². The summed E-state index contributed by atoms with van der Waals surface area (Å²) in [7, 11) is 0. The molecule has 39 heavy (non-hydrogen) atoms. The molecule has 1 aliphatic heterocycles. The minimum absolute atomic E-state index is 0.0444. The molecule has 5 heteroatoms. The van der Waals surface area contributed by atoms with Crippen molar-refractivity contribution >= 4 is 27.2 Å². The standard InChI is InChI=1S/C34H37NO3S/c36-33(26-11-15-29(16-12-26)38-24-22-35-20-5-6-21-35)32-30-9-3-4-10-31(30)39-34(32)27-13-17-28(18-14-27)37-23-19-25-7-1-2-8-25/h3-4,9-18,25H,1-2,5-8,19-24H2. The molecule has 2 heterocycles. The predicted octanol–water partition coefficient (Wildman–Crippen LogP) is 8.23. The van der Waals surface area contributed by atoms with Crippen LogP contribution in [0.5, 0.6) is 11.5 Å². The number of ether oxygens (including phenoxy) is 2. The van der Waals surface area contributed by atoms with E-state index < -0.39 is 0 Å². The third kappa shape index (κ3) is 6.21. The molecular weight excluding hydrogens is 502 g/mol. The minimum Gasteiger partial charge on any atom is -0.494 e. The lowest BCUT2D eigenvalue weighted by Gasteiger charge is -2.15. The van der Waals surface area contributed by atoms with Crippen molar-refractivity contribution in [1.82, 2.24) is 4.90 Å². The number of hydrogen-bond donors (Lipinski definition) is 0. The van der Waals surface area contributed by atoms with Gasteiger partial charge in [0.1, 0.15) is 18.1 Å². The van der Waals surface area contributed by atoms with Crippen molar-refractivity contribution in [2.24, 2.45) is 5.92 Å².